The summed E-state index contributed by atoms with van der Waals surface area (Å²) in [6, 6.07) is 13.0. The number of aromatic nitrogens is 1. The van der Waals surface area contributed by atoms with Crippen molar-refractivity contribution in [2.45, 2.75) is 23.1 Å². The molecule has 9 heteroatoms. The van der Waals surface area contributed by atoms with Gasteiger partial charge in [0, 0.05) is 54.6 Å². The van der Waals surface area contributed by atoms with Crippen molar-refractivity contribution in [3.63, 3.8) is 0 Å². The Labute approximate surface area is 188 Å². The number of carbonyl (C=O) groups excluding carboxylic acids is 1. The second-order valence-corrected chi connectivity index (χ2v) is 9.56. The third-order valence-corrected chi connectivity index (χ3v) is 7.25. The van der Waals surface area contributed by atoms with Gasteiger partial charge >= 0.3 is 0 Å². The number of nitro groups is 1. The van der Waals surface area contributed by atoms with Crippen LogP contribution >= 0.6 is 23.1 Å². The minimum atomic E-state index is -0.435. The van der Waals surface area contributed by atoms with Gasteiger partial charge in [-0.3, -0.25) is 14.9 Å². The fraction of sp³-hybridized carbons (Fsp3) is 0.273. The number of carbonyl (C=O) groups is 1. The molecule has 0 bridgehead atoms. The molecule has 1 fully saturated rings. The van der Waals surface area contributed by atoms with Crippen molar-refractivity contribution in [2.75, 3.05) is 31.1 Å². The maximum absolute atomic E-state index is 13.0. The molecule has 7 nitrogen and oxygen atoms in total. The largest absolute Gasteiger partial charge is 0.368 e. The molecular weight excluding hydrogens is 432 g/mol. The topological polar surface area (TPSA) is 79.6 Å². The van der Waals surface area contributed by atoms with Crippen LogP contribution < -0.4 is 4.90 Å². The maximum atomic E-state index is 13.0. The summed E-state index contributed by atoms with van der Waals surface area (Å²) in [5, 5.41) is 13.5. The van der Waals surface area contributed by atoms with Gasteiger partial charge in [0.05, 0.1) is 9.82 Å². The zero-order valence-electron chi connectivity index (χ0n) is 17.3. The summed E-state index contributed by atoms with van der Waals surface area (Å²) < 4.78 is 0.743. The van der Waals surface area contributed by atoms with Crippen molar-refractivity contribution in [2.24, 2.45) is 0 Å². The number of piperazine rings is 1. The Bertz CT molecular complexity index is 1120. The van der Waals surface area contributed by atoms with Crippen molar-refractivity contribution >= 4 is 40.4 Å². The summed E-state index contributed by atoms with van der Waals surface area (Å²) in [6.45, 7) is 6.57. The molecular formula is C22H22N4O3S2. The van der Waals surface area contributed by atoms with E-state index in [1.165, 1.54) is 34.7 Å². The van der Waals surface area contributed by atoms with Gasteiger partial charge in [-0.1, -0.05) is 23.9 Å². The number of rotatable bonds is 5. The molecule has 0 spiro atoms. The molecule has 160 valence electrons. The van der Waals surface area contributed by atoms with E-state index in [0.29, 0.717) is 23.5 Å². The van der Waals surface area contributed by atoms with Crippen LogP contribution in [0.5, 0.6) is 0 Å². The van der Waals surface area contributed by atoms with Gasteiger partial charge in [0.1, 0.15) is 0 Å². The maximum Gasteiger partial charge on any atom is 0.284 e. The van der Waals surface area contributed by atoms with Crippen molar-refractivity contribution in [1.82, 2.24) is 9.88 Å². The van der Waals surface area contributed by atoms with E-state index in [-0.39, 0.29) is 11.6 Å². The van der Waals surface area contributed by atoms with Crippen LogP contribution in [-0.4, -0.2) is 46.9 Å². The van der Waals surface area contributed by atoms with E-state index in [0.717, 1.165) is 28.8 Å². The molecule has 0 unspecified atom stereocenters. The molecule has 3 aromatic rings. The third-order valence-electron chi connectivity index (χ3n) is 5.13. The third kappa shape index (κ3) is 4.88. The average Bonchev–Trinajstić information content (AvgIpc) is 3.18. The van der Waals surface area contributed by atoms with Crippen molar-refractivity contribution < 1.29 is 9.72 Å². The minimum absolute atomic E-state index is 0.0675. The first-order valence-electron chi connectivity index (χ1n) is 9.90. The summed E-state index contributed by atoms with van der Waals surface area (Å²) in [5.74, 6) is -0.173. The van der Waals surface area contributed by atoms with Gasteiger partial charge in [0.25, 0.3) is 11.6 Å². The average molecular weight is 455 g/mol. The molecule has 0 N–H and O–H groups in total. The summed E-state index contributed by atoms with van der Waals surface area (Å²) in [5.41, 5.74) is 3.51. The Hall–Kier alpha value is -2.91. The number of benzene rings is 2. The Kier molecular flexibility index (Phi) is 6.24. The minimum Gasteiger partial charge on any atom is -0.368 e. The molecule has 0 aliphatic carbocycles. The molecule has 2 heterocycles. The van der Waals surface area contributed by atoms with Gasteiger partial charge in [-0.15, -0.1) is 11.3 Å². The predicted octanol–water partition coefficient (Wildman–Crippen LogP) is 4.78. The Morgan fingerprint density at radius 3 is 2.55 bits per heavy atom. The smallest absolute Gasteiger partial charge is 0.284 e. The highest BCUT2D eigenvalue weighted by atomic mass is 32.2. The monoisotopic (exact) mass is 454 g/mol. The molecule has 31 heavy (non-hydrogen) atoms. The van der Waals surface area contributed by atoms with Crippen molar-refractivity contribution in [3.8, 4) is 0 Å². The van der Waals surface area contributed by atoms with E-state index in [9.17, 15) is 14.9 Å². The Morgan fingerprint density at radius 1 is 1.13 bits per heavy atom. The van der Waals surface area contributed by atoms with Gasteiger partial charge in [-0.25, -0.2) is 4.98 Å². The highest BCUT2D eigenvalue weighted by Gasteiger charge is 2.25. The van der Waals surface area contributed by atoms with Crippen molar-refractivity contribution in [1.29, 1.82) is 0 Å². The molecule has 1 aliphatic rings. The summed E-state index contributed by atoms with van der Waals surface area (Å²) >= 11 is 2.70. The number of nitro benzene ring substituents is 1. The molecule has 1 aliphatic heterocycles. The highest BCUT2D eigenvalue weighted by molar-refractivity contribution is 8.01. The standard InChI is InChI=1S/C22H22N4O3S2/c1-15-4-3-5-18(12-15)24-8-10-25(11-9-24)21(27)17-6-7-20(19(13-17)26(28)29)31-22-23-16(2)14-30-22/h3-7,12-14H,8-11H2,1-2H3. The summed E-state index contributed by atoms with van der Waals surface area (Å²) in [4.78, 5) is 33.1. The molecule has 4 rings (SSSR count). The van der Waals surface area contributed by atoms with Crippen LogP contribution in [-0.2, 0) is 0 Å². The zero-order chi connectivity index (χ0) is 22.0. The van der Waals surface area contributed by atoms with Crippen LogP contribution in [0.2, 0.25) is 0 Å². The highest BCUT2D eigenvalue weighted by Crippen LogP contribution is 2.37. The van der Waals surface area contributed by atoms with Crippen LogP contribution in [0.4, 0.5) is 11.4 Å². The van der Waals surface area contributed by atoms with Gasteiger partial charge in [-0.05, 0) is 43.7 Å². The quantitative estimate of drug-likeness (QED) is 0.408. The normalized spacial score (nSPS) is 14.0. The lowest BCUT2D eigenvalue weighted by atomic mass is 10.1. The number of hydrogen-bond acceptors (Lipinski definition) is 7. The van der Waals surface area contributed by atoms with E-state index in [1.807, 2.05) is 18.4 Å². The zero-order valence-corrected chi connectivity index (χ0v) is 18.9. The van der Waals surface area contributed by atoms with Gasteiger partial charge in [-0.2, -0.15) is 0 Å². The molecule has 0 atom stereocenters. The first-order chi connectivity index (χ1) is 14.9. The Balaban J connectivity index is 1.47. The lowest BCUT2D eigenvalue weighted by molar-refractivity contribution is -0.387. The molecule has 1 aromatic heterocycles. The SMILES string of the molecule is Cc1cccc(N2CCN(C(=O)c3ccc(Sc4nc(C)cs4)c([N+](=O)[O-])c3)CC2)c1. The molecule has 1 saturated heterocycles. The van der Waals surface area contributed by atoms with E-state index < -0.39 is 4.92 Å². The van der Waals surface area contributed by atoms with E-state index in [2.05, 4.69) is 35.0 Å². The lowest BCUT2D eigenvalue weighted by Crippen LogP contribution is -2.48. The number of thiazole rings is 1. The van der Waals surface area contributed by atoms with E-state index >= 15 is 0 Å². The molecule has 2 aromatic carbocycles. The number of nitrogens with zero attached hydrogens (tertiary/aromatic N) is 4. The predicted molar refractivity (Wildman–Crippen MR) is 123 cm³/mol. The summed E-state index contributed by atoms with van der Waals surface area (Å²) in [7, 11) is 0. The molecule has 1 amide bonds. The fourth-order valence-electron chi connectivity index (χ4n) is 3.53. The molecule has 0 saturated carbocycles. The van der Waals surface area contributed by atoms with E-state index in [4.69, 9.17) is 0 Å². The first kappa shape index (κ1) is 21.3. The van der Waals surface area contributed by atoms with Crippen LogP contribution in [0.25, 0.3) is 0 Å². The van der Waals surface area contributed by atoms with Gasteiger partial charge in [0.15, 0.2) is 4.34 Å². The van der Waals surface area contributed by atoms with Gasteiger partial charge in [0.2, 0.25) is 0 Å². The second kappa shape index (κ2) is 9.07. The second-order valence-electron chi connectivity index (χ2n) is 7.41. The Morgan fingerprint density at radius 2 is 1.90 bits per heavy atom. The van der Waals surface area contributed by atoms with Crippen molar-refractivity contribution in [3.05, 3.63) is 74.8 Å². The number of hydrogen-bond donors (Lipinski definition) is 0. The van der Waals surface area contributed by atoms with Gasteiger partial charge < -0.3 is 9.80 Å². The number of aryl methyl sites for hydroxylation is 2. The van der Waals surface area contributed by atoms with Crippen LogP contribution in [0, 0.1) is 24.0 Å². The fourth-order valence-corrected chi connectivity index (χ4v) is 5.41. The summed E-state index contributed by atoms with van der Waals surface area (Å²) in [6.07, 6.45) is 0. The first-order valence-corrected chi connectivity index (χ1v) is 11.6. The van der Waals surface area contributed by atoms with Crippen LogP contribution in [0.15, 0.2) is 57.1 Å². The lowest BCUT2D eigenvalue weighted by Gasteiger charge is -2.36. The molecule has 0 radical (unpaired) electrons. The number of anilines is 1. The van der Waals surface area contributed by atoms with E-state index in [1.54, 1.807) is 17.0 Å². The van der Waals surface area contributed by atoms with Crippen LogP contribution in [0.3, 0.4) is 0 Å². The van der Waals surface area contributed by atoms with Crippen LogP contribution in [0.1, 0.15) is 21.6 Å². The number of amides is 1.